The highest BCUT2D eigenvalue weighted by atomic mass is 19.1. The molecular formula is C20H18FN3O3. The second-order valence-corrected chi connectivity index (χ2v) is 6.31. The molecule has 0 aliphatic carbocycles. The maximum absolute atomic E-state index is 13.4. The van der Waals surface area contributed by atoms with Crippen LogP contribution in [0.2, 0.25) is 0 Å². The van der Waals surface area contributed by atoms with Crippen LogP contribution in [0.25, 0.3) is 22.4 Å². The topological polar surface area (TPSA) is 76.4 Å². The fourth-order valence-electron chi connectivity index (χ4n) is 3.32. The molecule has 0 atom stereocenters. The Hall–Kier alpha value is -3.19. The minimum Gasteiger partial charge on any atom is -0.482 e. The molecule has 138 valence electrons. The van der Waals surface area contributed by atoms with E-state index in [-0.39, 0.29) is 24.9 Å². The minimum absolute atomic E-state index is 0.000631. The molecule has 2 heterocycles. The molecule has 3 aromatic rings. The van der Waals surface area contributed by atoms with E-state index >= 15 is 0 Å². The van der Waals surface area contributed by atoms with Crippen LogP contribution in [0, 0.1) is 12.7 Å². The van der Waals surface area contributed by atoms with Gasteiger partial charge in [-0.2, -0.15) is 5.10 Å². The van der Waals surface area contributed by atoms with Crippen molar-refractivity contribution in [2.45, 2.75) is 13.5 Å². The van der Waals surface area contributed by atoms with Crippen molar-refractivity contribution in [1.82, 2.24) is 9.78 Å². The molecule has 7 heteroatoms. The standard InChI is InChI=1S/C20H18FN3O3/c1-12-19(14-4-7-17-16(10-14)22-18(26)11-27-17)20(24(23-12)8-9-25)13-2-5-15(21)6-3-13/h2-7,10,25H,8-9,11H2,1H3,(H,22,26). The molecule has 27 heavy (non-hydrogen) atoms. The lowest BCUT2D eigenvalue weighted by Gasteiger charge is -2.19. The molecule has 2 aromatic carbocycles. The van der Waals surface area contributed by atoms with E-state index < -0.39 is 0 Å². The van der Waals surface area contributed by atoms with Crippen molar-refractivity contribution in [1.29, 1.82) is 0 Å². The summed E-state index contributed by atoms with van der Waals surface area (Å²) in [6.45, 7) is 2.13. The number of carbonyl (C=O) groups is 1. The average Bonchev–Trinajstić information content (AvgIpc) is 2.98. The second kappa shape index (κ2) is 6.85. The molecule has 0 bridgehead atoms. The van der Waals surface area contributed by atoms with E-state index in [4.69, 9.17) is 4.74 Å². The molecule has 1 aliphatic rings. The van der Waals surface area contributed by atoms with Gasteiger partial charge in [0.05, 0.1) is 30.2 Å². The van der Waals surface area contributed by atoms with Crippen LogP contribution in [0.4, 0.5) is 10.1 Å². The Morgan fingerprint density at radius 3 is 2.70 bits per heavy atom. The number of benzene rings is 2. The van der Waals surface area contributed by atoms with Gasteiger partial charge in [0.15, 0.2) is 6.61 Å². The number of anilines is 1. The van der Waals surface area contributed by atoms with Gasteiger partial charge in [-0.25, -0.2) is 4.39 Å². The van der Waals surface area contributed by atoms with E-state index in [9.17, 15) is 14.3 Å². The van der Waals surface area contributed by atoms with E-state index in [0.717, 1.165) is 28.1 Å². The molecule has 0 fully saturated rings. The van der Waals surface area contributed by atoms with Crippen molar-refractivity contribution in [3.8, 4) is 28.1 Å². The van der Waals surface area contributed by atoms with Crippen LogP contribution in [0.15, 0.2) is 42.5 Å². The third kappa shape index (κ3) is 3.17. The predicted molar refractivity (Wildman–Crippen MR) is 99.0 cm³/mol. The van der Waals surface area contributed by atoms with Gasteiger partial charge in [-0.05, 0) is 48.9 Å². The molecule has 0 unspecified atom stereocenters. The van der Waals surface area contributed by atoms with Crippen LogP contribution >= 0.6 is 0 Å². The van der Waals surface area contributed by atoms with Crippen LogP contribution in [-0.4, -0.2) is 34.0 Å². The molecule has 0 radical (unpaired) electrons. The number of aromatic nitrogens is 2. The van der Waals surface area contributed by atoms with Crippen LogP contribution in [0.5, 0.6) is 5.75 Å². The Morgan fingerprint density at radius 2 is 1.96 bits per heavy atom. The Bertz CT molecular complexity index is 1010. The Balaban J connectivity index is 1.89. The largest absolute Gasteiger partial charge is 0.482 e. The Labute approximate surface area is 155 Å². The first-order chi connectivity index (χ1) is 13.1. The predicted octanol–water partition coefficient (Wildman–Crippen LogP) is 2.99. The normalized spacial score (nSPS) is 13.1. The van der Waals surface area contributed by atoms with Gasteiger partial charge in [-0.1, -0.05) is 6.07 Å². The number of hydrogen-bond acceptors (Lipinski definition) is 4. The van der Waals surface area contributed by atoms with Gasteiger partial charge in [0.1, 0.15) is 11.6 Å². The summed E-state index contributed by atoms with van der Waals surface area (Å²) < 4.78 is 20.5. The van der Waals surface area contributed by atoms with Crippen LogP contribution in [0.3, 0.4) is 0 Å². The number of nitrogens with one attached hydrogen (secondary N) is 1. The van der Waals surface area contributed by atoms with Crippen molar-refractivity contribution < 1.29 is 19.0 Å². The quantitative estimate of drug-likeness (QED) is 0.743. The molecule has 6 nitrogen and oxygen atoms in total. The molecule has 0 saturated heterocycles. The smallest absolute Gasteiger partial charge is 0.262 e. The number of nitrogens with zero attached hydrogens (tertiary/aromatic N) is 2. The number of rotatable bonds is 4. The van der Waals surface area contributed by atoms with Gasteiger partial charge < -0.3 is 15.2 Å². The molecule has 0 spiro atoms. The van der Waals surface area contributed by atoms with Crippen molar-refractivity contribution in [3.05, 3.63) is 54.0 Å². The monoisotopic (exact) mass is 367 g/mol. The summed E-state index contributed by atoms with van der Waals surface area (Å²) in [6.07, 6.45) is 0. The number of ether oxygens (including phenoxy) is 1. The fraction of sp³-hybridized carbons (Fsp3) is 0.200. The first-order valence-corrected chi connectivity index (χ1v) is 8.58. The molecule has 0 saturated carbocycles. The summed E-state index contributed by atoms with van der Waals surface area (Å²) in [5, 5.41) is 16.8. The lowest BCUT2D eigenvalue weighted by Crippen LogP contribution is -2.25. The number of halogens is 1. The van der Waals surface area contributed by atoms with Crippen molar-refractivity contribution in [3.63, 3.8) is 0 Å². The van der Waals surface area contributed by atoms with Gasteiger partial charge in [0.2, 0.25) is 0 Å². The zero-order valence-electron chi connectivity index (χ0n) is 14.7. The fourth-order valence-corrected chi connectivity index (χ4v) is 3.32. The van der Waals surface area contributed by atoms with Gasteiger partial charge >= 0.3 is 0 Å². The molecular weight excluding hydrogens is 349 g/mol. The summed E-state index contributed by atoms with van der Waals surface area (Å²) in [7, 11) is 0. The van der Waals surface area contributed by atoms with Crippen molar-refractivity contribution in [2.24, 2.45) is 0 Å². The molecule has 1 aliphatic heterocycles. The summed E-state index contributed by atoms with van der Waals surface area (Å²) in [5.41, 5.74) is 4.65. The lowest BCUT2D eigenvalue weighted by atomic mass is 9.98. The molecule has 1 aromatic heterocycles. The summed E-state index contributed by atoms with van der Waals surface area (Å²) in [5.74, 6) is 0.0899. The highest BCUT2D eigenvalue weighted by Crippen LogP contribution is 2.39. The number of aliphatic hydroxyl groups is 1. The Morgan fingerprint density at radius 1 is 1.22 bits per heavy atom. The number of aryl methyl sites for hydroxylation is 1. The highest BCUT2D eigenvalue weighted by molar-refractivity contribution is 5.97. The van der Waals surface area contributed by atoms with E-state index in [1.165, 1.54) is 12.1 Å². The summed E-state index contributed by atoms with van der Waals surface area (Å²) in [6, 6.07) is 11.7. The minimum atomic E-state index is -0.320. The van der Waals surface area contributed by atoms with Crippen LogP contribution in [0.1, 0.15) is 5.69 Å². The van der Waals surface area contributed by atoms with Crippen molar-refractivity contribution in [2.75, 3.05) is 18.5 Å². The number of amides is 1. The first kappa shape index (κ1) is 17.2. The van der Waals surface area contributed by atoms with Gasteiger partial charge in [-0.3, -0.25) is 9.48 Å². The maximum Gasteiger partial charge on any atom is 0.262 e. The van der Waals surface area contributed by atoms with Gasteiger partial charge in [0.25, 0.3) is 5.91 Å². The zero-order valence-corrected chi connectivity index (χ0v) is 14.7. The molecule has 2 N–H and O–H groups in total. The van der Waals surface area contributed by atoms with Gasteiger partial charge in [-0.15, -0.1) is 0 Å². The van der Waals surface area contributed by atoms with Gasteiger partial charge in [0, 0.05) is 11.1 Å². The lowest BCUT2D eigenvalue weighted by molar-refractivity contribution is -0.118. The Kier molecular flexibility index (Phi) is 4.37. The van der Waals surface area contributed by atoms with Crippen LogP contribution < -0.4 is 10.1 Å². The molecule has 4 rings (SSSR count). The van der Waals surface area contributed by atoms with E-state index in [1.54, 1.807) is 22.9 Å². The summed E-state index contributed by atoms with van der Waals surface area (Å²) >= 11 is 0. The second-order valence-electron chi connectivity index (χ2n) is 6.31. The average molecular weight is 367 g/mol. The third-order valence-electron chi connectivity index (χ3n) is 4.46. The number of hydrogen-bond donors (Lipinski definition) is 2. The van der Waals surface area contributed by atoms with E-state index in [1.807, 2.05) is 19.1 Å². The highest BCUT2D eigenvalue weighted by Gasteiger charge is 2.22. The van der Waals surface area contributed by atoms with E-state index in [0.29, 0.717) is 18.0 Å². The summed E-state index contributed by atoms with van der Waals surface area (Å²) in [4.78, 5) is 11.6. The SMILES string of the molecule is Cc1nn(CCO)c(-c2ccc(F)cc2)c1-c1ccc2c(c1)NC(=O)CO2. The zero-order chi connectivity index (χ0) is 19.0. The third-order valence-corrected chi connectivity index (χ3v) is 4.46. The van der Waals surface area contributed by atoms with E-state index in [2.05, 4.69) is 10.4 Å². The van der Waals surface area contributed by atoms with Crippen LogP contribution in [-0.2, 0) is 11.3 Å². The number of fused-ring (bicyclic) bond motifs is 1. The van der Waals surface area contributed by atoms with Crippen molar-refractivity contribution >= 4 is 11.6 Å². The molecule has 1 amide bonds. The first-order valence-electron chi connectivity index (χ1n) is 8.58. The number of aliphatic hydroxyl groups excluding tert-OH is 1. The number of carbonyl (C=O) groups excluding carboxylic acids is 1. The maximum atomic E-state index is 13.4.